The summed E-state index contributed by atoms with van der Waals surface area (Å²) < 4.78 is 0. The van der Waals surface area contributed by atoms with Crippen LogP contribution in [0.1, 0.15) is 39.5 Å². The van der Waals surface area contributed by atoms with Gasteiger partial charge in [0.25, 0.3) is 0 Å². The third-order valence-electron chi connectivity index (χ3n) is 1.66. The highest BCUT2D eigenvalue weighted by atomic mass is 33.1. The zero-order valence-electron chi connectivity index (χ0n) is 6.97. The minimum Gasteiger partial charge on any atom is -0.111 e. The Balaban J connectivity index is 2.97. The van der Waals surface area contributed by atoms with Crippen molar-refractivity contribution < 1.29 is 0 Å². The fraction of sp³-hybridized carbons (Fsp3) is 1.00. The summed E-state index contributed by atoms with van der Waals surface area (Å²) in [6.07, 6.45) is 5.50. The lowest BCUT2D eigenvalue weighted by Crippen LogP contribution is -1.96. The van der Waals surface area contributed by atoms with Gasteiger partial charge in [0.15, 0.2) is 0 Å². The van der Waals surface area contributed by atoms with Gasteiger partial charge in [-0.1, -0.05) is 43.9 Å². The molecule has 0 aliphatic rings. The molecule has 10 heavy (non-hydrogen) atoms. The summed E-state index contributed by atoms with van der Waals surface area (Å²) in [6, 6.07) is 0. The monoisotopic (exact) mass is 178 g/mol. The quantitative estimate of drug-likeness (QED) is 0.367. The molecule has 0 aromatic carbocycles. The molecule has 0 bridgehead atoms. The van der Waals surface area contributed by atoms with Crippen LogP contribution >= 0.6 is 22.5 Å². The van der Waals surface area contributed by atoms with E-state index in [-0.39, 0.29) is 0 Å². The van der Waals surface area contributed by atoms with E-state index >= 15 is 0 Å². The molecule has 0 nitrogen and oxygen atoms in total. The van der Waals surface area contributed by atoms with Gasteiger partial charge < -0.3 is 0 Å². The molecule has 0 aliphatic carbocycles. The second-order valence-electron chi connectivity index (χ2n) is 2.90. The average Bonchev–Trinajstić information content (AvgIpc) is 1.89. The van der Waals surface area contributed by atoms with Crippen molar-refractivity contribution in [2.75, 3.05) is 5.75 Å². The number of hydrogen-bond donors (Lipinski definition) is 1. The van der Waals surface area contributed by atoms with Gasteiger partial charge in [0.1, 0.15) is 0 Å². The van der Waals surface area contributed by atoms with Crippen LogP contribution in [-0.2, 0) is 0 Å². The van der Waals surface area contributed by atoms with Crippen molar-refractivity contribution in [3.63, 3.8) is 0 Å². The molecule has 62 valence electrons. The van der Waals surface area contributed by atoms with Gasteiger partial charge in [-0.15, -0.1) is 11.7 Å². The molecule has 1 unspecified atom stereocenters. The molecule has 0 aromatic rings. The maximum Gasteiger partial charge on any atom is 0.00602 e. The molecule has 0 heterocycles. The normalized spacial score (nSPS) is 13.5. The van der Waals surface area contributed by atoms with Crippen LogP contribution in [0.3, 0.4) is 0 Å². The zero-order valence-corrected chi connectivity index (χ0v) is 8.68. The van der Waals surface area contributed by atoms with Crippen molar-refractivity contribution in [1.82, 2.24) is 0 Å². The molecule has 0 saturated carbocycles. The Kier molecular flexibility index (Phi) is 8.35. The first-order valence-corrected chi connectivity index (χ1v) is 6.11. The van der Waals surface area contributed by atoms with E-state index < -0.39 is 0 Å². The minimum absolute atomic E-state index is 0.856. The lowest BCUT2D eigenvalue weighted by atomic mass is 10.1. The smallest absolute Gasteiger partial charge is 0.00602 e. The summed E-state index contributed by atoms with van der Waals surface area (Å²) in [7, 11) is 1.66. The Bertz CT molecular complexity index is 64.3. The first-order valence-electron chi connectivity index (χ1n) is 4.07. The van der Waals surface area contributed by atoms with E-state index in [1.807, 2.05) is 0 Å². The molecule has 2 heteroatoms. The van der Waals surface area contributed by atoms with E-state index in [4.69, 9.17) is 0 Å². The highest BCUT2D eigenvalue weighted by Crippen LogP contribution is 2.16. The van der Waals surface area contributed by atoms with E-state index in [0.717, 1.165) is 5.92 Å². The van der Waals surface area contributed by atoms with E-state index in [0.29, 0.717) is 0 Å². The maximum atomic E-state index is 4.12. The Hall–Kier alpha value is 0.700. The largest absolute Gasteiger partial charge is 0.111 e. The second-order valence-corrected chi connectivity index (χ2v) is 4.26. The summed E-state index contributed by atoms with van der Waals surface area (Å²) in [4.78, 5) is 0. The van der Waals surface area contributed by atoms with E-state index in [2.05, 4.69) is 25.5 Å². The van der Waals surface area contributed by atoms with E-state index in [1.54, 1.807) is 10.8 Å². The molecular formula is C8H18S2. The van der Waals surface area contributed by atoms with Gasteiger partial charge in [-0.3, -0.25) is 0 Å². The van der Waals surface area contributed by atoms with Crippen molar-refractivity contribution in [1.29, 1.82) is 0 Å². The Labute approximate surface area is 74.0 Å². The number of rotatable bonds is 6. The van der Waals surface area contributed by atoms with Gasteiger partial charge in [-0.25, -0.2) is 0 Å². The summed E-state index contributed by atoms with van der Waals surface area (Å²) in [5.74, 6) is 2.06. The number of thiol groups is 1. The molecule has 0 radical (unpaired) electrons. The van der Waals surface area contributed by atoms with Crippen molar-refractivity contribution in [3.05, 3.63) is 0 Å². The van der Waals surface area contributed by atoms with Crippen LogP contribution in [0.4, 0.5) is 0 Å². The van der Waals surface area contributed by atoms with Gasteiger partial charge >= 0.3 is 0 Å². The molecule has 0 aliphatic heterocycles. The van der Waals surface area contributed by atoms with Crippen LogP contribution in [0.15, 0.2) is 0 Å². The van der Waals surface area contributed by atoms with Crippen molar-refractivity contribution in [2.24, 2.45) is 5.92 Å². The molecule has 0 amide bonds. The highest BCUT2D eigenvalue weighted by molar-refractivity contribution is 8.68. The average molecular weight is 178 g/mol. The summed E-state index contributed by atoms with van der Waals surface area (Å²) in [5, 5.41) is 0. The van der Waals surface area contributed by atoms with Gasteiger partial charge in [-0.2, -0.15) is 0 Å². The van der Waals surface area contributed by atoms with Crippen LogP contribution in [-0.4, -0.2) is 5.75 Å². The third kappa shape index (κ3) is 6.81. The summed E-state index contributed by atoms with van der Waals surface area (Å²) >= 11 is 4.12. The van der Waals surface area contributed by atoms with Crippen LogP contribution in [0.2, 0.25) is 0 Å². The predicted octanol–water partition coefficient (Wildman–Crippen LogP) is 3.78. The van der Waals surface area contributed by atoms with Gasteiger partial charge in [0.05, 0.1) is 0 Å². The fourth-order valence-corrected chi connectivity index (χ4v) is 2.14. The summed E-state index contributed by atoms with van der Waals surface area (Å²) in [6.45, 7) is 4.55. The number of unbranched alkanes of at least 4 members (excludes halogenated alkanes) is 2. The molecule has 0 rings (SSSR count). The van der Waals surface area contributed by atoms with Crippen LogP contribution < -0.4 is 0 Å². The highest BCUT2D eigenvalue weighted by Gasteiger charge is 1.99. The van der Waals surface area contributed by atoms with Gasteiger partial charge in [0, 0.05) is 5.75 Å². The van der Waals surface area contributed by atoms with Gasteiger partial charge in [-0.05, 0) is 12.3 Å². The maximum absolute atomic E-state index is 4.12. The predicted molar refractivity (Wildman–Crippen MR) is 54.8 cm³/mol. The zero-order chi connectivity index (χ0) is 7.82. The van der Waals surface area contributed by atoms with Crippen LogP contribution in [0.5, 0.6) is 0 Å². The fourth-order valence-electron chi connectivity index (χ4n) is 0.953. The third-order valence-corrected chi connectivity index (χ3v) is 2.82. The first kappa shape index (κ1) is 10.7. The minimum atomic E-state index is 0.856. The SMILES string of the molecule is CCCCCC(C)CSS. The molecule has 0 saturated heterocycles. The van der Waals surface area contributed by atoms with E-state index in [9.17, 15) is 0 Å². The molecule has 1 atom stereocenters. The number of hydrogen-bond acceptors (Lipinski definition) is 2. The lowest BCUT2D eigenvalue weighted by molar-refractivity contribution is 0.542. The Morgan fingerprint density at radius 2 is 2.10 bits per heavy atom. The van der Waals surface area contributed by atoms with Gasteiger partial charge in [0.2, 0.25) is 0 Å². The second kappa shape index (κ2) is 7.80. The van der Waals surface area contributed by atoms with Crippen molar-refractivity contribution in [3.8, 4) is 0 Å². The molecule has 0 fully saturated rings. The Morgan fingerprint density at radius 3 is 2.60 bits per heavy atom. The lowest BCUT2D eigenvalue weighted by Gasteiger charge is -2.07. The summed E-state index contributed by atoms with van der Waals surface area (Å²) in [5.41, 5.74) is 0. The Morgan fingerprint density at radius 1 is 1.40 bits per heavy atom. The molecule has 0 N–H and O–H groups in total. The van der Waals surface area contributed by atoms with Crippen molar-refractivity contribution in [2.45, 2.75) is 39.5 Å². The standard InChI is InChI=1S/C8H18S2/c1-3-4-5-6-8(2)7-10-9/h8-9H,3-7H2,1-2H3. The van der Waals surface area contributed by atoms with Crippen molar-refractivity contribution >= 4 is 22.5 Å². The van der Waals surface area contributed by atoms with Crippen LogP contribution in [0.25, 0.3) is 0 Å². The molecular weight excluding hydrogens is 160 g/mol. The molecule has 0 aromatic heterocycles. The first-order chi connectivity index (χ1) is 4.81. The topological polar surface area (TPSA) is 0 Å². The van der Waals surface area contributed by atoms with E-state index in [1.165, 1.54) is 31.4 Å². The molecule has 0 spiro atoms. The van der Waals surface area contributed by atoms with Crippen LogP contribution in [0, 0.1) is 5.92 Å².